The van der Waals surface area contributed by atoms with E-state index >= 15 is 0 Å². The molecule has 1 aliphatic heterocycles. The second kappa shape index (κ2) is 10.1. The molecule has 6 heteroatoms. The molecule has 1 fully saturated rings. The highest BCUT2D eigenvalue weighted by Gasteiger charge is 2.30. The SMILES string of the molecule is CC(C)(Oc1cccc(C2CCCN(C(=O)Cc3cccc(F)c3)C2)c1)C(=O)CCO. The molecule has 0 aliphatic carbocycles. The van der Waals surface area contributed by atoms with E-state index in [2.05, 4.69) is 0 Å². The van der Waals surface area contributed by atoms with Gasteiger partial charge in [0.1, 0.15) is 11.6 Å². The van der Waals surface area contributed by atoms with E-state index in [1.54, 1.807) is 26.0 Å². The highest BCUT2D eigenvalue weighted by atomic mass is 19.1. The molecule has 1 aliphatic rings. The van der Waals surface area contributed by atoms with Crippen molar-refractivity contribution < 1.29 is 23.8 Å². The summed E-state index contributed by atoms with van der Waals surface area (Å²) in [4.78, 5) is 26.8. The number of rotatable bonds is 8. The van der Waals surface area contributed by atoms with Crippen LogP contribution < -0.4 is 4.74 Å². The Morgan fingerprint density at radius 3 is 2.71 bits per heavy atom. The number of hydrogen-bond donors (Lipinski definition) is 1. The van der Waals surface area contributed by atoms with Crippen LogP contribution in [-0.4, -0.2) is 47.0 Å². The van der Waals surface area contributed by atoms with Gasteiger partial charge in [-0.05, 0) is 62.1 Å². The Balaban J connectivity index is 1.66. The largest absolute Gasteiger partial charge is 0.480 e. The number of Topliss-reactive ketones (excluding diaryl/α,β-unsaturated/α-hetero) is 1. The van der Waals surface area contributed by atoms with Gasteiger partial charge in [-0.25, -0.2) is 4.39 Å². The summed E-state index contributed by atoms with van der Waals surface area (Å²) in [5.74, 6) is 0.270. The van der Waals surface area contributed by atoms with E-state index in [1.165, 1.54) is 12.1 Å². The van der Waals surface area contributed by atoms with Gasteiger partial charge < -0.3 is 14.7 Å². The summed E-state index contributed by atoms with van der Waals surface area (Å²) in [6.07, 6.45) is 2.09. The first-order chi connectivity index (χ1) is 14.8. The van der Waals surface area contributed by atoms with E-state index in [0.29, 0.717) is 24.4 Å². The first kappa shape index (κ1) is 22.9. The van der Waals surface area contributed by atoms with Gasteiger partial charge in [-0.15, -0.1) is 0 Å². The number of carbonyl (C=O) groups is 2. The topological polar surface area (TPSA) is 66.8 Å². The zero-order valence-electron chi connectivity index (χ0n) is 18.1. The Labute approximate surface area is 182 Å². The first-order valence-corrected chi connectivity index (χ1v) is 10.7. The highest BCUT2D eigenvalue weighted by molar-refractivity contribution is 5.86. The second-order valence-electron chi connectivity index (χ2n) is 8.57. The molecule has 1 amide bonds. The summed E-state index contributed by atoms with van der Waals surface area (Å²) in [6.45, 7) is 4.50. The predicted molar refractivity (Wildman–Crippen MR) is 117 cm³/mol. The molecular formula is C25H30FNO4. The van der Waals surface area contributed by atoms with Crippen LogP contribution in [0.15, 0.2) is 48.5 Å². The van der Waals surface area contributed by atoms with Gasteiger partial charge in [0.25, 0.3) is 0 Å². The van der Waals surface area contributed by atoms with Crippen LogP contribution >= 0.6 is 0 Å². The van der Waals surface area contributed by atoms with Gasteiger partial charge in [0.05, 0.1) is 13.0 Å². The third kappa shape index (κ3) is 6.14. The zero-order chi connectivity index (χ0) is 22.4. The molecule has 0 spiro atoms. The van der Waals surface area contributed by atoms with Gasteiger partial charge in [-0.2, -0.15) is 0 Å². The lowest BCUT2D eigenvalue weighted by molar-refractivity contribution is -0.133. The fraction of sp³-hybridized carbons (Fsp3) is 0.440. The number of piperidine rings is 1. The molecule has 1 saturated heterocycles. The average molecular weight is 428 g/mol. The lowest BCUT2D eigenvalue weighted by Crippen LogP contribution is -2.40. The van der Waals surface area contributed by atoms with Crippen LogP contribution in [0.1, 0.15) is 50.2 Å². The Bertz CT molecular complexity index is 927. The van der Waals surface area contributed by atoms with Crippen molar-refractivity contribution in [2.24, 2.45) is 0 Å². The molecule has 0 bridgehead atoms. The Kier molecular flexibility index (Phi) is 7.44. The van der Waals surface area contributed by atoms with Crippen LogP contribution in [0.2, 0.25) is 0 Å². The number of halogens is 1. The average Bonchev–Trinajstić information content (AvgIpc) is 2.74. The molecule has 1 atom stereocenters. The third-order valence-electron chi connectivity index (χ3n) is 5.73. The molecule has 31 heavy (non-hydrogen) atoms. The molecule has 1 N–H and O–H groups in total. The third-order valence-corrected chi connectivity index (χ3v) is 5.73. The molecule has 166 valence electrons. The molecule has 1 unspecified atom stereocenters. The fourth-order valence-electron chi connectivity index (χ4n) is 4.00. The van der Waals surface area contributed by atoms with Crippen molar-refractivity contribution in [3.05, 3.63) is 65.5 Å². The van der Waals surface area contributed by atoms with Crippen molar-refractivity contribution in [3.63, 3.8) is 0 Å². The number of amides is 1. The number of nitrogens with zero attached hydrogens (tertiary/aromatic N) is 1. The minimum Gasteiger partial charge on any atom is -0.480 e. The number of ether oxygens (including phenoxy) is 1. The minimum absolute atomic E-state index is 0.00145. The summed E-state index contributed by atoms with van der Waals surface area (Å²) in [7, 11) is 0. The number of hydrogen-bond acceptors (Lipinski definition) is 4. The Hall–Kier alpha value is -2.73. The monoisotopic (exact) mass is 427 g/mol. The summed E-state index contributed by atoms with van der Waals surface area (Å²) in [5.41, 5.74) is 0.712. The Morgan fingerprint density at radius 2 is 1.97 bits per heavy atom. The number of benzene rings is 2. The van der Waals surface area contributed by atoms with Crippen molar-refractivity contribution in [2.75, 3.05) is 19.7 Å². The molecular weight excluding hydrogens is 397 g/mol. The summed E-state index contributed by atoms with van der Waals surface area (Å²) in [6, 6.07) is 13.8. The van der Waals surface area contributed by atoms with Crippen molar-refractivity contribution in [3.8, 4) is 5.75 Å². The van der Waals surface area contributed by atoms with Gasteiger partial charge in [0.15, 0.2) is 11.4 Å². The molecule has 5 nitrogen and oxygen atoms in total. The smallest absolute Gasteiger partial charge is 0.227 e. The number of carbonyl (C=O) groups excluding carboxylic acids is 2. The van der Waals surface area contributed by atoms with E-state index in [9.17, 15) is 14.0 Å². The summed E-state index contributed by atoms with van der Waals surface area (Å²) < 4.78 is 19.4. The summed E-state index contributed by atoms with van der Waals surface area (Å²) in [5, 5.41) is 9.03. The molecule has 3 rings (SSSR count). The maximum atomic E-state index is 13.4. The fourth-order valence-corrected chi connectivity index (χ4v) is 4.00. The van der Waals surface area contributed by atoms with Crippen molar-refractivity contribution >= 4 is 11.7 Å². The number of aliphatic hydroxyl groups is 1. The maximum absolute atomic E-state index is 13.4. The van der Waals surface area contributed by atoms with Crippen molar-refractivity contribution in [2.45, 2.75) is 51.0 Å². The molecule has 0 saturated carbocycles. The lowest BCUT2D eigenvalue weighted by Gasteiger charge is -2.33. The number of likely N-dealkylation sites (tertiary alicyclic amines) is 1. The normalized spacial score (nSPS) is 16.8. The lowest BCUT2D eigenvalue weighted by atomic mass is 9.90. The van der Waals surface area contributed by atoms with E-state index in [0.717, 1.165) is 18.4 Å². The van der Waals surface area contributed by atoms with Crippen LogP contribution in [0.4, 0.5) is 4.39 Å². The van der Waals surface area contributed by atoms with Gasteiger partial charge >= 0.3 is 0 Å². The van der Waals surface area contributed by atoms with Gasteiger partial charge in [0, 0.05) is 25.4 Å². The zero-order valence-corrected chi connectivity index (χ0v) is 18.1. The molecule has 2 aromatic rings. The molecule has 0 aromatic heterocycles. The van der Waals surface area contributed by atoms with E-state index in [1.807, 2.05) is 29.2 Å². The van der Waals surface area contributed by atoms with E-state index in [-0.39, 0.29) is 42.9 Å². The van der Waals surface area contributed by atoms with Gasteiger partial charge in [-0.3, -0.25) is 9.59 Å². The van der Waals surface area contributed by atoms with E-state index < -0.39 is 5.60 Å². The van der Waals surface area contributed by atoms with Crippen LogP contribution in [0.25, 0.3) is 0 Å². The molecule has 0 radical (unpaired) electrons. The summed E-state index contributed by atoms with van der Waals surface area (Å²) >= 11 is 0. The van der Waals surface area contributed by atoms with Gasteiger partial charge in [-0.1, -0.05) is 24.3 Å². The quantitative estimate of drug-likeness (QED) is 0.694. The van der Waals surface area contributed by atoms with Gasteiger partial charge in [0.2, 0.25) is 5.91 Å². The molecule has 1 heterocycles. The van der Waals surface area contributed by atoms with Crippen molar-refractivity contribution in [1.29, 1.82) is 0 Å². The minimum atomic E-state index is -1.03. The number of aliphatic hydroxyl groups excluding tert-OH is 1. The second-order valence-corrected chi connectivity index (χ2v) is 8.57. The maximum Gasteiger partial charge on any atom is 0.227 e. The Morgan fingerprint density at radius 1 is 1.19 bits per heavy atom. The standard InChI is InChI=1S/C25H30FNO4/c1-25(2,23(29)11-13-28)31-22-10-4-7-19(16-22)20-8-5-12-27(17-20)24(30)15-18-6-3-9-21(26)14-18/h3-4,6-7,9-10,14,16,20,28H,5,8,11-13,15,17H2,1-2H3. The van der Waals surface area contributed by atoms with Crippen LogP contribution in [0.3, 0.4) is 0 Å². The van der Waals surface area contributed by atoms with Crippen molar-refractivity contribution in [1.82, 2.24) is 4.90 Å². The predicted octanol–water partition coefficient (Wildman–Crippen LogP) is 3.88. The van der Waals surface area contributed by atoms with Crippen LogP contribution in [0.5, 0.6) is 5.75 Å². The van der Waals surface area contributed by atoms with Crippen LogP contribution in [0, 0.1) is 5.82 Å². The number of ketones is 1. The first-order valence-electron chi connectivity index (χ1n) is 10.7. The van der Waals surface area contributed by atoms with Crippen LogP contribution in [-0.2, 0) is 16.0 Å². The van der Waals surface area contributed by atoms with E-state index in [4.69, 9.17) is 9.84 Å². The highest BCUT2D eigenvalue weighted by Crippen LogP contribution is 2.31. The molecule has 2 aromatic carbocycles.